The first-order chi connectivity index (χ1) is 9.09. The summed E-state index contributed by atoms with van der Waals surface area (Å²) in [6.07, 6.45) is 1.83. The van der Waals surface area contributed by atoms with E-state index in [1.54, 1.807) is 0 Å². The second-order valence-electron chi connectivity index (χ2n) is 5.84. The summed E-state index contributed by atoms with van der Waals surface area (Å²) in [4.78, 5) is 0. The normalized spacial score (nSPS) is 18.7. The molecule has 1 heterocycles. The van der Waals surface area contributed by atoms with Gasteiger partial charge in [-0.25, -0.2) is 0 Å². The molecule has 2 N–H and O–H groups in total. The van der Waals surface area contributed by atoms with Crippen molar-refractivity contribution in [3.05, 3.63) is 35.4 Å². The van der Waals surface area contributed by atoms with Gasteiger partial charge in [-0.2, -0.15) is 11.8 Å². The molecule has 0 aromatic heterocycles. The number of nitrogens with one attached hydrogen (secondary N) is 1. The van der Waals surface area contributed by atoms with Gasteiger partial charge in [-0.1, -0.05) is 38.1 Å². The minimum Gasteiger partial charge on any atom is -0.389 e. The molecular weight excluding hydrogens is 254 g/mol. The van der Waals surface area contributed by atoms with Gasteiger partial charge in [0.1, 0.15) is 0 Å². The minimum atomic E-state index is -0.483. The number of rotatable bonds is 5. The fourth-order valence-electron chi connectivity index (χ4n) is 2.39. The molecule has 0 unspecified atom stereocenters. The molecule has 0 atom stereocenters. The van der Waals surface area contributed by atoms with Gasteiger partial charge in [-0.3, -0.25) is 0 Å². The van der Waals surface area contributed by atoms with Gasteiger partial charge < -0.3 is 10.4 Å². The first-order valence-electron chi connectivity index (χ1n) is 7.19. The average Bonchev–Trinajstić information content (AvgIpc) is 2.40. The van der Waals surface area contributed by atoms with Crippen LogP contribution in [0.15, 0.2) is 24.3 Å². The second-order valence-corrected chi connectivity index (χ2v) is 7.06. The Morgan fingerprint density at radius 2 is 1.84 bits per heavy atom. The van der Waals surface area contributed by atoms with Crippen LogP contribution in [0, 0.1) is 0 Å². The number of hydrogen-bond donors (Lipinski definition) is 2. The Hall–Kier alpha value is -0.510. The van der Waals surface area contributed by atoms with Crippen LogP contribution in [0.25, 0.3) is 0 Å². The van der Waals surface area contributed by atoms with Crippen molar-refractivity contribution in [2.24, 2.45) is 0 Å². The zero-order chi connectivity index (χ0) is 13.7. The lowest BCUT2D eigenvalue weighted by atomic mass is 9.96. The molecule has 19 heavy (non-hydrogen) atoms. The molecule has 0 bridgehead atoms. The maximum absolute atomic E-state index is 10.4. The Labute approximate surface area is 121 Å². The molecule has 1 fully saturated rings. The monoisotopic (exact) mass is 279 g/mol. The van der Waals surface area contributed by atoms with E-state index >= 15 is 0 Å². The molecule has 0 saturated carbocycles. The van der Waals surface area contributed by atoms with Gasteiger partial charge in [0.05, 0.1) is 5.60 Å². The molecule has 106 valence electrons. The Balaban J connectivity index is 1.79. The van der Waals surface area contributed by atoms with Crippen LogP contribution < -0.4 is 5.32 Å². The Morgan fingerprint density at radius 3 is 2.42 bits per heavy atom. The van der Waals surface area contributed by atoms with E-state index in [9.17, 15) is 5.11 Å². The van der Waals surface area contributed by atoms with Gasteiger partial charge in [-0.05, 0) is 41.4 Å². The summed E-state index contributed by atoms with van der Waals surface area (Å²) in [5.74, 6) is 2.75. The number of benzene rings is 1. The van der Waals surface area contributed by atoms with E-state index in [1.807, 2.05) is 11.8 Å². The van der Waals surface area contributed by atoms with E-state index < -0.39 is 5.60 Å². The molecule has 0 aliphatic carbocycles. The van der Waals surface area contributed by atoms with E-state index in [4.69, 9.17) is 0 Å². The molecule has 2 rings (SSSR count). The number of aliphatic hydroxyl groups is 1. The predicted molar refractivity (Wildman–Crippen MR) is 83.7 cm³/mol. The van der Waals surface area contributed by atoms with Crippen molar-refractivity contribution >= 4 is 11.8 Å². The van der Waals surface area contributed by atoms with Crippen molar-refractivity contribution in [3.8, 4) is 0 Å². The number of thioether (sulfide) groups is 1. The van der Waals surface area contributed by atoms with Crippen molar-refractivity contribution in [3.63, 3.8) is 0 Å². The Morgan fingerprint density at radius 1 is 1.21 bits per heavy atom. The molecule has 2 nitrogen and oxygen atoms in total. The Bertz CT molecular complexity index is 382. The van der Waals surface area contributed by atoms with Crippen molar-refractivity contribution in [2.45, 2.75) is 44.8 Å². The third-order valence-corrected chi connectivity index (χ3v) is 4.84. The molecule has 0 amide bonds. The fraction of sp³-hybridized carbons (Fsp3) is 0.625. The lowest BCUT2D eigenvalue weighted by Crippen LogP contribution is -2.43. The lowest BCUT2D eigenvalue weighted by molar-refractivity contribution is 0.0320. The first kappa shape index (κ1) is 14.9. The summed E-state index contributed by atoms with van der Waals surface area (Å²) >= 11 is 1.94. The van der Waals surface area contributed by atoms with Crippen LogP contribution in [-0.2, 0) is 6.54 Å². The highest BCUT2D eigenvalue weighted by molar-refractivity contribution is 7.99. The van der Waals surface area contributed by atoms with E-state index in [0.29, 0.717) is 12.5 Å². The van der Waals surface area contributed by atoms with Gasteiger partial charge in [0.2, 0.25) is 0 Å². The van der Waals surface area contributed by atoms with Gasteiger partial charge >= 0.3 is 0 Å². The van der Waals surface area contributed by atoms with Gasteiger partial charge in [0, 0.05) is 13.1 Å². The molecule has 3 heteroatoms. The molecule has 1 aromatic rings. The summed E-state index contributed by atoms with van der Waals surface area (Å²) in [6, 6.07) is 8.77. The molecule has 0 spiro atoms. The number of hydrogen-bond acceptors (Lipinski definition) is 3. The molecular formula is C16H25NOS. The maximum atomic E-state index is 10.4. The van der Waals surface area contributed by atoms with Crippen molar-refractivity contribution in [2.75, 3.05) is 18.1 Å². The summed E-state index contributed by atoms with van der Waals surface area (Å²) in [5, 5.41) is 13.8. The quantitative estimate of drug-likeness (QED) is 0.868. The van der Waals surface area contributed by atoms with Crippen LogP contribution >= 0.6 is 11.8 Å². The van der Waals surface area contributed by atoms with Crippen molar-refractivity contribution < 1.29 is 5.11 Å². The van der Waals surface area contributed by atoms with Crippen molar-refractivity contribution in [1.82, 2.24) is 5.32 Å². The smallest absolute Gasteiger partial charge is 0.0787 e. The van der Waals surface area contributed by atoms with Crippen LogP contribution in [0.4, 0.5) is 0 Å². The molecule has 1 saturated heterocycles. The van der Waals surface area contributed by atoms with Crippen molar-refractivity contribution in [1.29, 1.82) is 0 Å². The second kappa shape index (κ2) is 6.78. The highest BCUT2D eigenvalue weighted by Crippen LogP contribution is 2.26. The fourth-order valence-corrected chi connectivity index (χ4v) is 3.64. The van der Waals surface area contributed by atoms with Gasteiger partial charge in [-0.15, -0.1) is 0 Å². The SMILES string of the molecule is CC(C)c1ccc(CNCC2(O)CCSCC2)cc1. The Kier molecular flexibility index (Phi) is 5.31. The standard InChI is InChI=1S/C16H25NOS/c1-13(2)15-5-3-14(4-6-15)11-17-12-16(18)7-9-19-10-8-16/h3-6,13,17-18H,7-12H2,1-2H3. The summed E-state index contributed by atoms with van der Waals surface area (Å²) in [5.41, 5.74) is 2.19. The van der Waals surface area contributed by atoms with E-state index in [0.717, 1.165) is 30.9 Å². The lowest BCUT2D eigenvalue weighted by Gasteiger charge is -2.32. The summed E-state index contributed by atoms with van der Waals surface area (Å²) in [6.45, 7) is 5.97. The largest absolute Gasteiger partial charge is 0.389 e. The van der Waals surface area contributed by atoms with E-state index in [1.165, 1.54) is 11.1 Å². The zero-order valence-corrected chi connectivity index (χ0v) is 12.8. The molecule has 1 aliphatic rings. The third kappa shape index (κ3) is 4.51. The summed E-state index contributed by atoms with van der Waals surface area (Å²) < 4.78 is 0. The van der Waals surface area contributed by atoms with Gasteiger partial charge in [0.15, 0.2) is 0 Å². The van der Waals surface area contributed by atoms with Crippen LogP contribution in [0.2, 0.25) is 0 Å². The highest BCUT2D eigenvalue weighted by Gasteiger charge is 2.28. The molecule has 1 aliphatic heterocycles. The predicted octanol–water partition coefficient (Wildman–Crippen LogP) is 3.16. The van der Waals surface area contributed by atoms with E-state index in [2.05, 4.69) is 43.4 Å². The maximum Gasteiger partial charge on any atom is 0.0787 e. The third-order valence-electron chi connectivity index (χ3n) is 3.85. The van der Waals surface area contributed by atoms with Crippen LogP contribution in [0.1, 0.15) is 43.7 Å². The molecule has 1 aromatic carbocycles. The average molecular weight is 279 g/mol. The molecule has 0 radical (unpaired) electrons. The minimum absolute atomic E-state index is 0.483. The zero-order valence-electron chi connectivity index (χ0n) is 12.0. The topological polar surface area (TPSA) is 32.3 Å². The van der Waals surface area contributed by atoms with Crippen LogP contribution in [0.3, 0.4) is 0 Å². The highest BCUT2D eigenvalue weighted by atomic mass is 32.2. The van der Waals surface area contributed by atoms with E-state index in [-0.39, 0.29) is 0 Å². The van der Waals surface area contributed by atoms with Crippen LogP contribution in [0.5, 0.6) is 0 Å². The first-order valence-corrected chi connectivity index (χ1v) is 8.34. The van der Waals surface area contributed by atoms with Crippen LogP contribution in [-0.4, -0.2) is 28.8 Å². The van der Waals surface area contributed by atoms with Gasteiger partial charge in [0.25, 0.3) is 0 Å². The summed E-state index contributed by atoms with van der Waals surface area (Å²) in [7, 11) is 0.